The maximum absolute atomic E-state index is 6.44. The van der Waals surface area contributed by atoms with Gasteiger partial charge in [0.05, 0.1) is 0 Å². The molecule has 1 nitrogen and oxygen atoms in total. The summed E-state index contributed by atoms with van der Waals surface area (Å²) in [6.07, 6.45) is 9.45. The Morgan fingerprint density at radius 3 is 2.38 bits per heavy atom. The summed E-state index contributed by atoms with van der Waals surface area (Å²) in [5, 5.41) is 0.647. The normalized spacial score (nSPS) is 36.6. The monoisotopic (exact) mass is 351 g/mol. The van der Waals surface area contributed by atoms with Crippen molar-refractivity contribution in [1.29, 1.82) is 0 Å². The minimum absolute atomic E-state index is 0.339. The van der Waals surface area contributed by atoms with Gasteiger partial charge in [-0.2, -0.15) is 0 Å². The van der Waals surface area contributed by atoms with Crippen LogP contribution in [0.1, 0.15) is 51.9 Å². The fraction of sp³-hybridized carbons (Fsp3) is 0.846. The summed E-state index contributed by atoms with van der Waals surface area (Å²) in [6.45, 7) is 2.41. The van der Waals surface area contributed by atoms with Gasteiger partial charge in [-0.15, -0.1) is 0 Å². The Balaban J connectivity index is 2.23. The molecule has 0 heterocycles. The molecule has 0 amide bonds. The second-order valence-corrected chi connectivity index (χ2v) is 7.56. The van der Waals surface area contributed by atoms with Crippen LogP contribution in [0.3, 0.4) is 0 Å². The Bertz CT molecular complexity index is 277. The molecule has 3 unspecified atom stereocenters. The molecular weight excluding hydrogens is 329 g/mol. The summed E-state index contributed by atoms with van der Waals surface area (Å²) in [5.41, 5.74) is 9.81. The standard InChI is InChI=1S/C13H22INS/c1-9-8-12(16-14)13(15)11-7-5-3-2-4-6-10(9)11/h9,12-13H,2-8,15H2,1H3. The third-order valence-electron chi connectivity index (χ3n) is 4.15. The predicted molar refractivity (Wildman–Crippen MR) is 81.9 cm³/mol. The van der Waals surface area contributed by atoms with Crippen LogP contribution in [0.25, 0.3) is 0 Å². The molecule has 0 bridgehead atoms. The van der Waals surface area contributed by atoms with E-state index in [0.717, 1.165) is 5.92 Å². The number of hydrogen-bond donors (Lipinski definition) is 1. The number of allylic oxidation sites excluding steroid dienone is 1. The number of nitrogens with two attached hydrogens (primary N) is 1. The van der Waals surface area contributed by atoms with Crippen molar-refractivity contribution in [2.45, 2.75) is 63.2 Å². The van der Waals surface area contributed by atoms with Gasteiger partial charge >= 0.3 is 0 Å². The first-order valence-corrected chi connectivity index (χ1v) is 9.91. The zero-order valence-corrected chi connectivity index (χ0v) is 13.0. The van der Waals surface area contributed by atoms with Gasteiger partial charge in [-0.05, 0) is 59.2 Å². The maximum atomic E-state index is 6.44. The van der Waals surface area contributed by atoms with Crippen molar-refractivity contribution in [2.75, 3.05) is 0 Å². The highest BCUT2D eigenvalue weighted by Gasteiger charge is 2.32. The Hall–Kier alpha value is 0.780. The first-order chi connectivity index (χ1) is 7.74. The van der Waals surface area contributed by atoms with Crippen molar-refractivity contribution in [3.8, 4) is 0 Å². The van der Waals surface area contributed by atoms with Crippen LogP contribution in [-0.2, 0) is 0 Å². The van der Waals surface area contributed by atoms with Gasteiger partial charge in [0.25, 0.3) is 0 Å². The topological polar surface area (TPSA) is 26.0 Å². The van der Waals surface area contributed by atoms with Crippen LogP contribution in [-0.4, -0.2) is 11.3 Å². The Kier molecular flexibility index (Phi) is 5.04. The van der Waals surface area contributed by atoms with Crippen LogP contribution >= 0.6 is 30.1 Å². The lowest BCUT2D eigenvalue weighted by Crippen LogP contribution is -2.40. The van der Waals surface area contributed by atoms with E-state index in [2.05, 4.69) is 28.1 Å². The maximum Gasteiger partial charge on any atom is 0.0385 e. The van der Waals surface area contributed by atoms with Crippen LogP contribution in [0.15, 0.2) is 11.1 Å². The smallest absolute Gasteiger partial charge is 0.0385 e. The van der Waals surface area contributed by atoms with Gasteiger partial charge in [-0.3, -0.25) is 0 Å². The zero-order chi connectivity index (χ0) is 11.5. The molecule has 0 spiro atoms. The van der Waals surface area contributed by atoms with E-state index in [0.29, 0.717) is 11.3 Å². The van der Waals surface area contributed by atoms with Crippen molar-refractivity contribution in [3.05, 3.63) is 11.1 Å². The molecule has 0 aromatic heterocycles. The molecule has 2 N–H and O–H groups in total. The summed E-state index contributed by atoms with van der Waals surface area (Å²) >= 11 is 2.43. The minimum Gasteiger partial charge on any atom is -0.323 e. The van der Waals surface area contributed by atoms with Crippen LogP contribution in [0.5, 0.6) is 0 Å². The molecule has 3 atom stereocenters. The number of rotatable bonds is 1. The molecular formula is C13H22INS. The molecule has 0 fully saturated rings. The predicted octanol–water partition coefficient (Wildman–Crippen LogP) is 4.46. The van der Waals surface area contributed by atoms with Crippen molar-refractivity contribution < 1.29 is 0 Å². The first kappa shape index (κ1) is 13.2. The summed E-state index contributed by atoms with van der Waals surface area (Å²) in [6, 6.07) is 0.339. The molecule has 0 aromatic rings. The quantitative estimate of drug-likeness (QED) is 0.558. The van der Waals surface area contributed by atoms with Gasteiger partial charge in [-0.25, -0.2) is 0 Å². The third kappa shape index (κ3) is 2.78. The van der Waals surface area contributed by atoms with E-state index in [-0.39, 0.29) is 0 Å². The van der Waals surface area contributed by atoms with Gasteiger partial charge in [-0.1, -0.05) is 39.8 Å². The second kappa shape index (κ2) is 6.10. The van der Waals surface area contributed by atoms with Gasteiger partial charge < -0.3 is 5.73 Å². The molecule has 2 aliphatic rings. The van der Waals surface area contributed by atoms with E-state index in [4.69, 9.17) is 5.73 Å². The molecule has 2 aliphatic carbocycles. The molecule has 0 aliphatic heterocycles. The average molecular weight is 351 g/mol. The van der Waals surface area contributed by atoms with E-state index in [9.17, 15) is 0 Å². The summed E-state index contributed by atoms with van der Waals surface area (Å²) < 4.78 is 0. The fourth-order valence-electron chi connectivity index (χ4n) is 3.20. The van der Waals surface area contributed by atoms with Gasteiger partial charge in [0, 0.05) is 11.3 Å². The van der Waals surface area contributed by atoms with Crippen molar-refractivity contribution in [2.24, 2.45) is 11.7 Å². The molecule has 0 radical (unpaired) electrons. The highest BCUT2D eigenvalue weighted by molar-refractivity contribution is 14.2. The van der Waals surface area contributed by atoms with Crippen LogP contribution in [0, 0.1) is 5.92 Å². The van der Waals surface area contributed by atoms with Crippen molar-refractivity contribution >= 4 is 30.1 Å². The number of hydrogen-bond acceptors (Lipinski definition) is 2. The molecule has 0 saturated heterocycles. The zero-order valence-electron chi connectivity index (χ0n) is 10.0. The van der Waals surface area contributed by atoms with Gasteiger partial charge in [0.15, 0.2) is 0 Å². The third-order valence-corrected chi connectivity index (χ3v) is 6.83. The van der Waals surface area contributed by atoms with E-state index in [1.165, 1.54) is 44.9 Å². The highest BCUT2D eigenvalue weighted by Crippen LogP contribution is 2.42. The largest absolute Gasteiger partial charge is 0.323 e. The molecule has 2 rings (SSSR count). The highest BCUT2D eigenvalue weighted by atomic mass is 127. The Morgan fingerprint density at radius 1 is 1.12 bits per heavy atom. The first-order valence-electron chi connectivity index (χ1n) is 6.48. The van der Waals surface area contributed by atoms with Crippen LogP contribution in [0.2, 0.25) is 0 Å². The molecule has 3 heteroatoms. The van der Waals surface area contributed by atoms with Gasteiger partial charge in [0.2, 0.25) is 0 Å². The minimum atomic E-state index is 0.339. The fourth-order valence-corrected chi connectivity index (χ4v) is 5.41. The summed E-state index contributed by atoms with van der Waals surface area (Å²) in [7, 11) is 1.94. The molecule has 0 aromatic carbocycles. The van der Waals surface area contributed by atoms with E-state index < -0.39 is 0 Å². The van der Waals surface area contributed by atoms with Crippen molar-refractivity contribution in [3.63, 3.8) is 0 Å². The average Bonchev–Trinajstić information content (AvgIpc) is 2.23. The summed E-state index contributed by atoms with van der Waals surface area (Å²) in [4.78, 5) is 0. The van der Waals surface area contributed by atoms with E-state index in [1.54, 1.807) is 11.1 Å². The lowest BCUT2D eigenvalue weighted by molar-refractivity contribution is 0.454. The van der Waals surface area contributed by atoms with Crippen molar-refractivity contribution in [1.82, 2.24) is 0 Å². The second-order valence-electron chi connectivity index (χ2n) is 5.25. The Morgan fingerprint density at radius 2 is 1.75 bits per heavy atom. The lowest BCUT2D eigenvalue weighted by Gasteiger charge is -2.37. The molecule has 0 saturated carbocycles. The SMILES string of the molecule is CC1CC(SI)C(N)C2=C1CCCCCC2. The lowest BCUT2D eigenvalue weighted by atomic mass is 9.76. The van der Waals surface area contributed by atoms with E-state index in [1.807, 2.05) is 8.93 Å². The molecule has 92 valence electrons. The van der Waals surface area contributed by atoms with E-state index >= 15 is 0 Å². The Labute approximate surface area is 116 Å². The van der Waals surface area contributed by atoms with Crippen LogP contribution < -0.4 is 5.73 Å². The summed E-state index contributed by atoms with van der Waals surface area (Å²) in [5.74, 6) is 0.778. The molecule has 16 heavy (non-hydrogen) atoms. The number of halogens is 1. The van der Waals surface area contributed by atoms with Crippen LogP contribution in [0.4, 0.5) is 0 Å². The van der Waals surface area contributed by atoms with Gasteiger partial charge in [0.1, 0.15) is 0 Å².